The normalized spacial score (nSPS) is 19.5. The van der Waals surface area contributed by atoms with E-state index in [0.717, 1.165) is 42.8 Å². The third-order valence-electron chi connectivity index (χ3n) is 6.44. The predicted octanol–water partition coefficient (Wildman–Crippen LogP) is 3.41. The van der Waals surface area contributed by atoms with E-state index in [9.17, 15) is 14.7 Å². The number of carboxylic acid groups (broad SMARTS) is 1. The van der Waals surface area contributed by atoms with Crippen LogP contribution in [0, 0.1) is 5.41 Å². The van der Waals surface area contributed by atoms with Crippen LogP contribution in [0.3, 0.4) is 0 Å². The number of aliphatic imine (C=N–C) groups is 1. The van der Waals surface area contributed by atoms with E-state index in [1.165, 1.54) is 5.56 Å². The first-order chi connectivity index (χ1) is 16.7. The number of ether oxygens (including phenoxy) is 1. The van der Waals surface area contributed by atoms with Gasteiger partial charge in [-0.25, -0.2) is 4.79 Å². The molecule has 2 aromatic carbocycles. The van der Waals surface area contributed by atoms with E-state index in [2.05, 4.69) is 29.7 Å². The number of carbonyl (C=O) groups excluding carboxylic acids is 1. The molecule has 7 heteroatoms. The number of nitrogens with one attached hydrogen (secondary N) is 2. The summed E-state index contributed by atoms with van der Waals surface area (Å²) in [4.78, 5) is 28.3. The van der Waals surface area contributed by atoms with Gasteiger partial charge < -0.3 is 20.5 Å². The molecular weight excluding hydrogens is 442 g/mol. The van der Waals surface area contributed by atoms with E-state index >= 15 is 0 Å². The predicted molar refractivity (Wildman–Crippen MR) is 138 cm³/mol. The average molecular weight is 480 g/mol. The highest BCUT2D eigenvalue weighted by Crippen LogP contribution is 2.28. The number of benzene rings is 2. The van der Waals surface area contributed by atoms with Gasteiger partial charge >= 0.3 is 5.97 Å². The minimum Gasteiger partial charge on any atom is -0.479 e. The highest BCUT2D eigenvalue weighted by Gasteiger charge is 2.33. The van der Waals surface area contributed by atoms with Gasteiger partial charge in [-0.3, -0.25) is 9.79 Å². The lowest BCUT2D eigenvalue weighted by Gasteiger charge is -2.36. The second kappa shape index (κ2) is 12.1. The molecule has 188 valence electrons. The zero-order valence-electron chi connectivity index (χ0n) is 21.0. The van der Waals surface area contributed by atoms with Crippen LogP contribution < -0.4 is 10.6 Å². The largest absolute Gasteiger partial charge is 0.479 e. The molecule has 0 saturated carbocycles. The van der Waals surface area contributed by atoms with E-state index in [-0.39, 0.29) is 17.9 Å². The molecule has 3 rings (SSSR count). The summed E-state index contributed by atoms with van der Waals surface area (Å²) in [5.74, 6) is -0.971. The van der Waals surface area contributed by atoms with Crippen molar-refractivity contribution in [3.8, 4) is 0 Å². The molecule has 1 heterocycles. The molecule has 0 radical (unpaired) electrons. The van der Waals surface area contributed by atoms with E-state index < -0.39 is 11.6 Å². The van der Waals surface area contributed by atoms with Gasteiger partial charge in [0.1, 0.15) is 0 Å². The van der Waals surface area contributed by atoms with Gasteiger partial charge in [-0.1, -0.05) is 61.5 Å². The second-order valence-electron chi connectivity index (χ2n) is 9.91. The Hall–Kier alpha value is -3.03. The highest BCUT2D eigenvalue weighted by molar-refractivity contribution is 5.91. The first-order valence-corrected chi connectivity index (χ1v) is 12.2. The lowest BCUT2D eigenvalue weighted by atomic mass is 9.75. The summed E-state index contributed by atoms with van der Waals surface area (Å²) in [7, 11) is 0. The Balaban J connectivity index is 1.54. The lowest BCUT2D eigenvalue weighted by molar-refractivity contribution is -0.160. The van der Waals surface area contributed by atoms with Gasteiger partial charge in [0, 0.05) is 30.8 Å². The monoisotopic (exact) mass is 479 g/mol. The minimum atomic E-state index is -1.21. The SMILES string of the molecule is CC1(Cc2ccc(CC(=O)NCc3ccccc3)cc2)CNCCC1=NCCOC(C)(C)C(=O)O. The van der Waals surface area contributed by atoms with Crippen molar-refractivity contribution in [1.29, 1.82) is 0 Å². The Morgan fingerprint density at radius 1 is 1.09 bits per heavy atom. The lowest BCUT2D eigenvalue weighted by Crippen LogP contribution is -2.47. The first kappa shape index (κ1) is 26.6. The molecule has 1 aliphatic rings. The smallest absolute Gasteiger partial charge is 0.335 e. The van der Waals surface area contributed by atoms with Crippen molar-refractivity contribution in [3.05, 3.63) is 71.3 Å². The molecule has 2 aromatic rings. The van der Waals surface area contributed by atoms with Crippen LogP contribution in [-0.4, -0.2) is 54.5 Å². The van der Waals surface area contributed by atoms with Crippen LogP contribution in [0.5, 0.6) is 0 Å². The molecule has 0 aromatic heterocycles. The van der Waals surface area contributed by atoms with Crippen LogP contribution in [0.4, 0.5) is 0 Å². The average Bonchev–Trinajstić information content (AvgIpc) is 2.83. The number of hydrogen-bond acceptors (Lipinski definition) is 5. The van der Waals surface area contributed by atoms with Crippen molar-refractivity contribution in [2.45, 2.75) is 52.2 Å². The molecule has 1 fully saturated rings. The summed E-state index contributed by atoms with van der Waals surface area (Å²) in [5, 5.41) is 15.6. The van der Waals surface area contributed by atoms with Crippen LogP contribution in [0.1, 0.15) is 43.9 Å². The molecule has 7 nitrogen and oxygen atoms in total. The van der Waals surface area contributed by atoms with Crippen molar-refractivity contribution >= 4 is 17.6 Å². The maximum Gasteiger partial charge on any atom is 0.335 e. The van der Waals surface area contributed by atoms with E-state index in [1.807, 2.05) is 42.5 Å². The summed E-state index contributed by atoms with van der Waals surface area (Å²) in [5.41, 5.74) is 3.06. The van der Waals surface area contributed by atoms with Gasteiger partial charge in [0.25, 0.3) is 0 Å². The molecule has 1 amide bonds. The van der Waals surface area contributed by atoms with E-state index in [0.29, 0.717) is 19.5 Å². The fourth-order valence-electron chi connectivity index (χ4n) is 4.22. The fraction of sp³-hybridized carbons (Fsp3) is 0.464. The molecular formula is C28H37N3O4. The Morgan fingerprint density at radius 3 is 2.46 bits per heavy atom. The highest BCUT2D eigenvalue weighted by atomic mass is 16.5. The number of carbonyl (C=O) groups is 2. The Kier molecular flexibility index (Phi) is 9.18. The van der Waals surface area contributed by atoms with Crippen LogP contribution in [0.25, 0.3) is 0 Å². The third kappa shape index (κ3) is 8.01. The third-order valence-corrected chi connectivity index (χ3v) is 6.44. The van der Waals surface area contributed by atoms with Gasteiger partial charge in [0.15, 0.2) is 5.60 Å². The van der Waals surface area contributed by atoms with Crippen molar-refractivity contribution in [2.24, 2.45) is 10.4 Å². The van der Waals surface area contributed by atoms with Crippen molar-refractivity contribution in [3.63, 3.8) is 0 Å². The minimum absolute atomic E-state index is 0.00718. The van der Waals surface area contributed by atoms with E-state index in [4.69, 9.17) is 9.73 Å². The zero-order valence-corrected chi connectivity index (χ0v) is 21.0. The molecule has 1 aliphatic heterocycles. The van der Waals surface area contributed by atoms with Crippen molar-refractivity contribution in [2.75, 3.05) is 26.2 Å². The molecule has 1 atom stereocenters. The van der Waals surface area contributed by atoms with Gasteiger partial charge in [0.2, 0.25) is 5.91 Å². The standard InChI is InChI=1S/C28H37N3O4/c1-27(2,26(33)34)35-16-15-30-24-13-14-29-20-28(24,3)18-22-11-9-21(10-12-22)17-25(32)31-19-23-7-5-4-6-8-23/h4-12,29H,13-20H2,1-3H3,(H,31,32)(H,33,34). The summed E-state index contributed by atoms with van der Waals surface area (Å²) >= 11 is 0. The number of aliphatic carboxylic acids is 1. The number of rotatable bonds is 11. The summed E-state index contributed by atoms with van der Waals surface area (Å²) < 4.78 is 5.50. The Labute approximate surface area is 208 Å². The number of hydrogen-bond donors (Lipinski definition) is 3. The number of nitrogens with zero attached hydrogens (tertiary/aromatic N) is 1. The topological polar surface area (TPSA) is 100 Å². The van der Waals surface area contributed by atoms with Crippen molar-refractivity contribution < 1.29 is 19.4 Å². The summed E-state index contributed by atoms with van der Waals surface area (Å²) in [6.07, 6.45) is 2.05. The molecule has 3 N–H and O–H groups in total. The maximum atomic E-state index is 12.3. The Bertz CT molecular complexity index is 1020. The van der Waals surface area contributed by atoms with E-state index in [1.54, 1.807) is 13.8 Å². The number of piperidine rings is 1. The van der Waals surface area contributed by atoms with Crippen molar-refractivity contribution in [1.82, 2.24) is 10.6 Å². The van der Waals surface area contributed by atoms with Crippen LogP contribution in [-0.2, 0) is 33.7 Å². The summed E-state index contributed by atoms with van der Waals surface area (Å²) in [6, 6.07) is 18.1. The fourth-order valence-corrected chi connectivity index (χ4v) is 4.22. The zero-order chi connectivity index (χ0) is 25.3. The second-order valence-corrected chi connectivity index (χ2v) is 9.91. The molecule has 35 heavy (non-hydrogen) atoms. The van der Waals surface area contributed by atoms with Crippen LogP contribution >= 0.6 is 0 Å². The molecule has 1 unspecified atom stereocenters. The number of carboxylic acids is 1. The molecule has 1 saturated heterocycles. The molecule has 0 spiro atoms. The maximum absolute atomic E-state index is 12.3. The quantitative estimate of drug-likeness (QED) is 0.429. The van der Waals surface area contributed by atoms with Crippen LogP contribution in [0.2, 0.25) is 0 Å². The van der Waals surface area contributed by atoms with Crippen LogP contribution in [0.15, 0.2) is 59.6 Å². The molecule has 0 aliphatic carbocycles. The molecule has 0 bridgehead atoms. The number of amides is 1. The Morgan fingerprint density at radius 2 is 1.77 bits per heavy atom. The summed E-state index contributed by atoms with van der Waals surface area (Å²) in [6.45, 7) is 8.27. The van der Waals surface area contributed by atoms with Gasteiger partial charge in [-0.15, -0.1) is 0 Å². The van der Waals surface area contributed by atoms with Gasteiger partial charge in [0.05, 0.1) is 19.6 Å². The van der Waals surface area contributed by atoms with Gasteiger partial charge in [-0.2, -0.15) is 0 Å². The first-order valence-electron chi connectivity index (χ1n) is 12.2. The van der Waals surface area contributed by atoms with Gasteiger partial charge in [-0.05, 0) is 43.4 Å².